The fourth-order valence-electron chi connectivity index (χ4n) is 2.03. The molecule has 0 spiro atoms. The van der Waals surface area contributed by atoms with Gasteiger partial charge in [-0.25, -0.2) is 0 Å². The molecule has 108 valence electrons. The maximum atomic E-state index is 12.4. The van der Waals surface area contributed by atoms with Crippen LogP contribution in [0.15, 0.2) is 6.33 Å². The number of rotatable bonds is 6. The molecule has 1 aromatic heterocycles. The van der Waals surface area contributed by atoms with Crippen molar-refractivity contribution in [1.82, 2.24) is 28.7 Å². The van der Waals surface area contributed by atoms with Gasteiger partial charge in [-0.15, -0.1) is 10.2 Å². The van der Waals surface area contributed by atoms with Crippen LogP contribution < -0.4 is 5.32 Å². The molecule has 0 fully saturated rings. The van der Waals surface area contributed by atoms with Crippen molar-refractivity contribution in [1.29, 1.82) is 0 Å². The van der Waals surface area contributed by atoms with Crippen molar-refractivity contribution in [3.05, 3.63) is 12.2 Å². The van der Waals surface area contributed by atoms with E-state index in [1.165, 1.54) is 8.61 Å². The van der Waals surface area contributed by atoms with Crippen molar-refractivity contribution in [3.8, 4) is 0 Å². The predicted octanol–water partition coefficient (Wildman–Crippen LogP) is -1.12. The first-order valence-electron chi connectivity index (χ1n) is 6.28. The summed E-state index contributed by atoms with van der Waals surface area (Å²) in [5, 5.41) is 10.7. The van der Waals surface area contributed by atoms with E-state index in [-0.39, 0.29) is 0 Å². The average molecular weight is 288 g/mol. The minimum atomic E-state index is -3.41. The van der Waals surface area contributed by atoms with Crippen molar-refractivity contribution < 1.29 is 8.42 Å². The maximum Gasteiger partial charge on any atom is 0.282 e. The third kappa shape index (κ3) is 3.11. The molecular weight excluding hydrogens is 268 g/mol. The van der Waals surface area contributed by atoms with Gasteiger partial charge in [0.1, 0.15) is 12.2 Å². The average Bonchev–Trinajstić information content (AvgIpc) is 2.85. The van der Waals surface area contributed by atoms with Gasteiger partial charge in [0.05, 0.1) is 6.54 Å². The van der Waals surface area contributed by atoms with Gasteiger partial charge in [0.15, 0.2) is 0 Å². The number of fused-ring (bicyclic) bond motifs is 1. The summed E-state index contributed by atoms with van der Waals surface area (Å²) >= 11 is 0. The molecule has 0 atom stereocenters. The van der Waals surface area contributed by atoms with E-state index in [9.17, 15) is 8.42 Å². The van der Waals surface area contributed by atoms with Crippen molar-refractivity contribution in [2.24, 2.45) is 0 Å². The van der Waals surface area contributed by atoms with Crippen LogP contribution in [-0.4, -0.2) is 65.5 Å². The zero-order valence-electron chi connectivity index (χ0n) is 11.3. The summed E-state index contributed by atoms with van der Waals surface area (Å²) in [6.45, 7) is 2.66. The highest BCUT2D eigenvalue weighted by atomic mass is 32.2. The molecular formula is C10H20N6O2S. The van der Waals surface area contributed by atoms with Crippen molar-refractivity contribution >= 4 is 10.2 Å². The predicted molar refractivity (Wildman–Crippen MR) is 70.5 cm³/mol. The van der Waals surface area contributed by atoms with Gasteiger partial charge in [-0.2, -0.15) is 17.0 Å². The molecule has 1 aromatic rings. The van der Waals surface area contributed by atoms with Crippen LogP contribution in [0.25, 0.3) is 0 Å². The number of hydrogen-bond acceptors (Lipinski definition) is 5. The van der Waals surface area contributed by atoms with Crippen LogP contribution in [0.1, 0.15) is 12.2 Å². The van der Waals surface area contributed by atoms with E-state index in [2.05, 4.69) is 15.5 Å². The van der Waals surface area contributed by atoms with Gasteiger partial charge in [0, 0.05) is 26.7 Å². The fraction of sp³-hybridized carbons (Fsp3) is 0.800. The molecule has 9 heteroatoms. The Bertz CT molecular complexity index is 514. The Morgan fingerprint density at radius 1 is 1.47 bits per heavy atom. The highest BCUT2D eigenvalue weighted by Gasteiger charge is 2.30. The second-order valence-electron chi connectivity index (χ2n) is 4.56. The largest absolute Gasteiger partial charge is 0.320 e. The first kappa shape index (κ1) is 14.4. The summed E-state index contributed by atoms with van der Waals surface area (Å²) < 4.78 is 29.5. The van der Waals surface area contributed by atoms with Crippen molar-refractivity contribution in [2.75, 3.05) is 33.7 Å². The molecule has 1 aliphatic heterocycles. The SMILES string of the molecule is CNCCCN(C)S(=O)(=O)N1CCn2cnnc2C1. The molecule has 0 aromatic carbocycles. The molecule has 0 unspecified atom stereocenters. The van der Waals surface area contributed by atoms with Crippen LogP contribution in [0, 0.1) is 0 Å². The minimum Gasteiger partial charge on any atom is -0.320 e. The zero-order chi connectivity index (χ0) is 13.9. The van der Waals surface area contributed by atoms with Crippen LogP contribution >= 0.6 is 0 Å². The molecule has 0 amide bonds. The second-order valence-corrected chi connectivity index (χ2v) is 6.60. The van der Waals surface area contributed by atoms with Gasteiger partial charge in [-0.1, -0.05) is 0 Å². The van der Waals surface area contributed by atoms with Gasteiger partial charge >= 0.3 is 0 Å². The molecule has 1 aliphatic rings. The number of nitrogens with zero attached hydrogens (tertiary/aromatic N) is 5. The van der Waals surface area contributed by atoms with E-state index in [0.29, 0.717) is 32.0 Å². The molecule has 19 heavy (non-hydrogen) atoms. The van der Waals surface area contributed by atoms with Crippen molar-refractivity contribution in [2.45, 2.75) is 19.5 Å². The summed E-state index contributed by atoms with van der Waals surface area (Å²) in [7, 11) is 0.0632. The normalized spacial score (nSPS) is 16.8. The zero-order valence-corrected chi connectivity index (χ0v) is 12.1. The second kappa shape index (κ2) is 5.95. The Hall–Kier alpha value is -1.03. The summed E-state index contributed by atoms with van der Waals surface area (Å²) in [5.74, 6) is 0.693. The molecule has 0 bridgehead atoms. The van der Waals surface area contributed by atoms with Gasteiger partial charge in [-0.3, -0.25) is 0 Å². The summed E-state index contributed by atoms with van der Waals surface area (Å²) in [5.41, 5.74) is 0. The molecule has 2 heterocycles. The van der Waals surface area contributed by atoms with E-state index in [1.54, 1.807) is 13.4 Å². The number of aromatic nitrogens is 3. The molecule has 0 saturated carbocycles. The molecule has 0 saturated heterocycles. The highest BCUT2D eigenvalue weighted by Crippen LogP contribution is 2.15. The summed E-state index contributed by atoms with van der Waals surface area (Å²) in [6.07, 6.45) is 2.42. The third-order valence-corrected chi connectivity index (χ3v) is 5.16. The third-order valence-electron chi connectivity index (χ3n) is 3.22. The fourth-order valence-corrected chi connectivity index (χ4v) is 3.38. The van der Waals surface area contributed by atoms with Crippen LogP contribution in [0.5, 0.6) is 0 Å². The molecule has 2 rings (SSSR count). The Morgan fingerprint density at radius 3 is 3.00 bits per heavy atom. The summed E-state index contributed by atoms with van der Waals surface area (Å²) in [4.78, 5) is 0. The van der Waals surface area contributed by atoms with Crippen molar-refractivity contribution in [3.63, 3.8) is 0 Å². The number of hydrogen-bond donors (Lipinski definition) is 1. The van der Waals surface area contributed by atoms with Crippen LogP contribution in [0.2, 0.25) is 0 Å². The van der Waals surface area contributed by atoms with E-state index in [1.807, 2.05) is 11.6 Å². The monoisotopic (exact) mass is 288 g/mol. The Balaban J connectivity index is 2.00. The quantitative estimate of drug-likeness (QED) is 0.670. The van der Waals surface area contributed by atoms with E-state index >= 15 is 0 Å². The molecule has 1 N–H and O–H groups in total. The summed E-state index contributed by atoms with van der Waals surface area (Å²) in [6, 6.07) is 0. The van der Waals surface area contributed by atoms with Crippen LogP contribution in [0.4, 0.5) is 0 Å². The smallest absolute Gasteiger partial charge is 0.282 e. The molecule has 0 aliphatic carbocycles. The Labute approximate surface area is 113 Å². The lowest BCUT2D eigenvalue weighted by atomic mass is 10.4. The van der Waals surface area contributed by atoms with Gasteiger partial charge < -0.3 is 9.88 Å². The van der Waals surface area contributed by atoms with Crippen LogP contribution in [0.3, 0.4) is 0 Å². The topological polar surface area (TPSA) is 83.4 Å². The maximum absolute atomic E-state index is 12.4. The highest BCUT2D eigenvalue weighted by molar-refractivity contribution is 7.86. The minimum absolute atomic E-state index is 0.290. The van der Waals surface area contributed by atoms with E-state index in [0.717, 1.165) is 13.0 Å². The Morgan fingerprint density at radius 2 is 2.26 bits per heavy atom. The lowest BCUT2D eigenvalue weighted by Crippen LogP contribution is -2.46. The lowest BCUT2D eigenvalue weighted by molar-refractivity contribution is 0.305. The standard InChI is InChI=1S/C10H20N6O2S/c1-11-4-3-5-14(2)19(17,18)16-7-6-15-9-12-13-10(15)8-16/h9,11H,3-8H2,1-2H3. The Kier molecular flexibility index (Phi) is 4.50. The van der Waals surface area contributed by atoms with E-state index < -0.39 is 10.2 Å². The molecule has 8 nitrogen and oxygen atoms in total. The van der Waals surface area contributed by atoms with E-state index in [4.69, 9.17) is 0 Å². The molecule has 0 radical (unpaired) electrons. The van der Waals surface area contributed by atoms with Crippen LogP contribution in [-0.2, 0) is 23.3 Å². The number of nitrogens with one attached hydrogen (secondary N) is 1. The van der Waals surface area contributed by atoms with Gasteiger partial charge in [0.2, 0.25) is 0 Å². The van der Waals surface area contributed by atoms with Gasteiger partial charge in [0.25, 0.3) is 10.2 Å². The lowest BCUT2D eigenvalue weighted by Gasteiger charge is -2.30. The first-order chi connectivity index (χ1) is 9.05. The van der Waals surface area contributed by atoms with Gasteiger partial charge in [-0.05, 0) is 20.0 Å². The first-order valence-corrected chi connectivity index (χ1v) is 7.68.